The topological polar surface area (TPSA) is 51.2 Å². The maximum Gasteiger partial charge on any atom is 0.193 e. The first-order valence-corrected chi connectivity index (χ1v) is 4.80. The number of hydrogen-bond acceptors (Lipinski definition) is 3. The molecular weight excluding hydrogens is 164 g/mol. The molecule has 0 bridgehead atoms. The zero-order chi connectivity index (χ0) is 9.26. The Hall–Kier alpha value is -0.960. The van der Waals surface area contributed by atoms with E-state index in [0.717, 1.165) is 36.9 Å². The molecule has 0 spiro atoms. The van der Waals surface area contributed by atoms with Crippen molar-refractivity contribution in [1.82, 2.24) is 0 Å². The number of nitrogens with two attached hydrogens (primary N) is 1. The molecule has 0 aliphatic heterocycles. The molecule has 0 unspecified atom stereocenters. The smallest absolute Gasteiger partial charge is 0.193 e. The second-order valence-corrected chi connectivity index (χ2v) is 3.89. The van der Waals surface area contributed by atoms with Crippen LogP contribution in [0.5, 0.6) is 0 Å². The highest BCUT2D eigenvalue weighted by Gasteiger charge is 2.25. The maximum absolute atomic E-state index is 5.69. The van der Waals surface area contributed by atoms with Gasteiger partial charge < -0.3 is 15.5 Å². The van der Waals surface area contributed by atoms with Gasteiger partial charge >= 0.3 is 0 Å². The summed E-state index contributed by atoms with van der Waals surface area (Å²) in [7, 11) is 0. The van der Waals surface area contributed by atoms with Crippen molar-refractivity contribution in [2.45, 2.75) is 25.8 Å². The molecule has 1 aromatic heterocycles. The minimum Gasteiger partial charge on any atom is -0.446 e. The van der Waals surface area contributed by atoms with Crippen LogP contribution in [0.4, 0.5) is 5.88 Å². The van der Waals surface area contributed by atoms with E-state index in [2.05, 4.69) is 5.32 Å². The van der Waals surface area contributed by atoms with Gasteiger partial charge in [-0.15, -0.1) is 0 Å². The molecule has 2 rings (SSSR count). The number of aryl methyl sites for hydroxylation is 1. The zero-order valence-electron chi connectivity index (χ0n) is 7.92. The molecule has 0 radical (unpaired) electrons. The lowest BCUT2D eigenvalue weighted by molar-refractivity contribution is 0.278. The summed E-state index contributed by atoms with van der Waals surface area (Å²) in [4.78, 5) is 0. The van der Waals surface area contributed by atoms with Crippen molar-refractivity contribution in [3.05, 3.63) is 17.9 Å². The molecule has 1 saturated carbocycles. The van der Waals surface area contributed by atoms with Crippen LogP contribution in [0.3, 0.4) is 0 Å². The number of rotatable bonds is 3. The molecule has 0 aromatic carbocycles. The first-order chi connectivity index (χ1) is 6.24. The van der Waals surface area contributed by atoms with Crippen LogP contribution in [0.1, 0.15) is 18.6 Å². The van der Waals surface area contributed by atoms with Crippen molar-refractivity contribution >= 4 is 5.88 Å². The van der Waals surface area contributed by atoms with Crippen LogP contribution in [-0.4, -0.2) is 12.6 Å². The summed E-state index contributed by atoms with van der Waals surface area (Å²) < 4.78 is 5.39. The molecule has 1 heterocycles. The fourth-order valence-corrected chi connectivity index (χ4v) is 1.73. The first kappa shape index (κ1) is 8.63. The lowest BCUT2D eigenvalue weighted by Gasteiger charge is -2.32. The maximum atomic E-state index is 5.69. The molecule has 0 atom stereocenters. The van der Waals surface area contributed by atoms with Crippen LogP contribution in [0.15, 0.2) is 16.5 Å². The van der Waals surface area contributed by atoms with E-state index >= 15 is 0 Å². The van der Waals surface area contributed by atoms with Gasteiger partial charge in [-0.1, -0.05) is 0 Å². The summed E-state index contributed by atoms with van der Waals surface area (Å²) in [6.07, 6.45) is 2.29. The Labute approximate surface area is 78.3 Å². The Balaban J connectivity index is 1.74. The normalized spacial score (nSPS) is 26.9. The third kappa shape index (κ3) is 2.04. The third-order valence-corrected chi connectivity index (χ3v) is 2.58. The summed E-state index contributed by atoms with van der Waals surface area (Å²) in [5.74, 6) is 2.56. The summed E-state index contributed by atoms with van der Waals surface area (Å²) in [6.45, 7) is 2.94. The van der Waals surface area contributed by atoms with E-state index in [0.29, 0.717) is 6.04 Å². The van der Waals surface area contributed by atoms with Crippen molar-refractivity contribution in [2.24, 2.45) is 11.7 Å². The Bertz CT molecular complexity index is 276. The van der Waals surface area contributed by atoms with Gasteiger partial charge in [0.05, 0.1) is 0 Å². The van der Waals surface area contributed by atoms with E-state index in [1.54, 1.807) is 0 Å². The van der Waals surface area contributed by atoms with Crippen LogP contribution in [0.2, 0.25) is 0 Å². The fraction of sp³-hybridized carbons (Fsp3) is 0.600. The van der Waals surface area contributed by atoms with Crippen molar-refractivity contribution in [3.63, 3.8) is 0 Å². The van der Waals surface area contributed by atoms with Crippen molar-refractivity contribution in [2.75, 3.05) is 11.9 Å². The fourth-order valence-electron chi connectivity index (χ4n) is 1.73. The summed E-state index contributed by atoms with van der Waals surface area (Å²) >= 11 is 0. The van der Waals surface area contributed by atoms with Gasteiger partial charge in [-0.25, -0.2) is 0 Å². The highest BCUT2D eigenvalue weighted by Crippen LogP contribution is 2.25. The zero-order valence-corrected chi connectivity index (χ0v) is 7.92. The second-order valence-electron chi connectivity index (χ2n) is 3.89. The predicted molar refractivity (Wildman–Crippen MR) is 52.6 cm³/mol. The highest BCUT2D eigenvalue weighted by atomic mass is 16.4. The van der Waals surface area contributed by atoms with Crippen LogP contribution in [0.25, 0.3) is 0 Å². The number of hydrogen-bond donors (Lipinski definition) is 2. The molecule has 1 aromatic rings. The third-order valence-electron chi connectivity index (χ3n) is 2.58. The summed E-state index contributed by atoms with van der Waals surface area (Å²) in [6, 6.07) is 4.37. The molecule has 0 amide bonds. The largest absolute Gasteiger partial charge is 0.446 e. The predicted octanol–water partition coefficient (Wildman–Crippen LogP) is 1.74. The lowest BCUT2D eigenvalue weighted by atomic mass is 9.81. The SMILES string of the molecule is Cc1ccc(NCC2CC(N)C2)o1. The molecule has 1 aliphatic rings. The van der Waals surface area contributed by atoms with Gasteiger partial charge in [0.2, 0.25) is 0 Å². The van der Waals surface area contributed by atoms with E-state index in [9.17, 15) is 0 Å². The molecule has 3 heteroatoms. The first-order valence-electron chi connectivity index (χ1n) is 4.80. The van der Waals surface area contributed by atoms with Crippen LogP contribution in [0, 0.1) is 12.8 Å². The molecule has 3 N–H and O–H groups in total. The monoisotopic (exact) mass is 180 g/mol. The molecule has 72 valence electrons. The molecule has 1 aliphatic carbocycles. The van der Waals surface area contributed by atoms with Gasteiger partial charge in [0.1, 0.15) is 5.76 Å². The molecular formula is C10H16N2O. The van der Waals surface area contributed by atoms with E-state index < -0.39 is 0 Å². The van der Waals surface area contributed by atoms with Gasteiger partial charge in [-0.05, 0) is 31.7 Å². The second kappa shape index (κ2) is 3.42. The number of anilines is 1. The minimum absolute atomic E-state index is 0.435. The van der Waals surface area contributed by atoms with Crippen LogP contribution < -0.4 is 11.1 Å². The average molecular weight is 180 g/mol. The number of furan rings is 1. The molecule has 3 nitrogen and oxygen atoms in total. The Morgan fingerprint density at radius 3 is 2.85 bits per heavy atom. The average Bonchev–Trinajstić information content (AvgIpc) is 2.43. The van der Waals surface area contributed by atoms with Crippen molar-refractivity contribution < 1.29 is 4.42 Å². The van der Waals surface area contributed by atoms with E-state index in [-0.39, 0.29) is 0 Å². The number of nitrogens with one attached hydrogen (secondary N) is 1. The summed E-state index contributed by atoms with van der Waals surface area (Å²) in [5, 5.41) is 3.27. The molecule has 0 saturated heterocycles. The van der Waals surface area contributed by atoms with E-state index in [4.69, 9.17) is 10.2 Å². The molecule has 13 heavy (non-hydrogen) atoms. The van der Waals surface area contributed by atoms with Crippen molar-refractivity contribution in [3.8, 4) is 0 Å². The Morgan fingerprint density at radius 2 is 2.31 bits per heavy atom. The van der Waals surface area contributed by atoms with E-state index in [1.165, 1.54) is 0 Å². The van der Waals surface area contributed by atoms with Gasteiger partial charge in [0, 0.05) is 18.7 Å². The van der Waals surface area contributed by atoms with Gasteiger partial charge in [-0.3, -0.25) is 0 Å². The molecule has 1 fully saturated rings. The Morgan fingerprint density at radius 1 is 1.54 bits per heavy atom. The lowest BCUT2D eigenvalue weighted by Crippen LogP contribution is -2.39. The van der Waals surface area contributed by atoms with Crippen LogP contribution in [-0.2, 0) is 0 Å². The highest BCUT2D eigenvalue weighted by molar-refractivity contribution is 5.31. The summed E-state index contributed by atoms with van der Waals surface area (Å²) in [5.41, 5.74) is 5.69. The van der Waals surface area contributed by atoms with Gasteiger partial charge in [-0.2, -0.15) is 0 Å². The minimum atomic E-state index is 0.435. The van der Waals surface area contributed by atoms with E-state index in [1.807, 2.05) is 19.1 Å². The van der Waals surface area contributed by atoms with Crippen LogP contribution >= 0.6 is 0 Å². The Kier molecular flexibility index (Phi) is 2.27. The van der Waals surface area contributed by atoms with Crippen molar-refractivity contribution in [1.29, 1.82) is 0 Å². The van der Waals surface area contributed by atoms with Gasteiger partial charge in [0.15, 0.2) is 5.88 Å². The quantitative estimate of drug-likeness (QED) is 0.745. The van der Waals surface area contributed by atoms with Gasteiger partial charge in [0.25, 0.3) is 0 Å². The standard InChI is InChI=1S/C10H16N2O/c1-7-2-3-10(13-7)12-6-8-4-9(11)5-8/h2-3,8-9,12H,4-6,11H2,1H3.